The summed E-state index contributed by atoms with van der Waals surface area (Å²) in [6.45, 7) is 3.55. The standard InChI is InChI=1S/C18H19FO3/c1-3-22-17(20)12-18(2,21)14-10-8-13(9-11-14)15-6-4-5-7-16(15)19/h4-11,21H,3,12H2,1-2H3. The molecule has 4 heteroatoms. The van der Waals surface area contributed by atoms with Gasteiger partial charge in [0.15, 0.2) is 0 Å². The number of halogens is 1. The molecule has 0 saturated heterocycles. The molecule has 2 aromatic carbocycles. The van der Waals surface area contributed by atoms with E-state index in [0.29, 0.717) is 16.7 Å². The second kappa shape index (κ2) is 6.71. The van der Waals surface area contributed by atoms with Crippen LogP contribution in [0.3, 0.4) is 0 Å². The predicted octanol–water partition coefficient (Wildman–Crippen LogP) is 3.65. The fraction of sp³-hybridized carbons (Fsp3) is 0.278. The van der Waals surface area contributed by atoms with Crippen LogP contribution in [-0.2, 0) is 15.1 Å². The second-order valence-corrected chi connectivity index (χ2v) is 5.31. The number of hydrogen-bond acceptors (Lipinski definition) is 3. The first kappa shape index (κ1) is 16.2. The van der Waals surface area contributed by atoms with Gasteiger partial charge in [-0.2, -0.15) is 0 Å². The average molecular weight is 302 g/mol. The van der Waals surface area contributed by atoms with Crippen molar-refractivity contribution in [2.24, 2.45) is 0 Å². The first-order valence-electron chi connectivity index (χ1n) is 7.17. The lowest BCUT2D eigenvalue weighted by molar-refractivity contribution is -0.148. The SMILES string of the molecule is CCOC(=O)CC(C)(O)c1ccc(-c2ccccc2F)cc1. The molecule has 0 amide bonds. The van der Waals surface area contributed by atoms with Crippen molar-refractivity contribution in [3.05, 3.63) is 59.9 Å². The summed E-state index contributed by atoms with van der Waals surface area (Å²) in [5, 5.41) is 10.4. The van der Waals surface area contributed by atoms with E-state index in [-0.39, 0.29) is 18.8 Å². The summed E-state index contributed by atoms with van der Waals surface area (Å²) in [4.78, 5) is 11.5. The number of rotatable bonds is 5. The topological polar surface area (TPSA) is 46.5 Å². The van der Waals surface area contributed by atoms with Gasteiger partial charge in [-0.25, -0.2) is 4.39 Å². The Labute approximate surface area is 129 Å². The summed E-state index contributed by atoms with van der Waals surface area (Å²) in [6, 6.07) is 13.4. The van der Waals surface area contributed by atoms with Gasteiger partial charge in [0.05, 0.1) is 18.6 Å². The molecule has 0 fully saturated rings. The monoisotopic (exact) mass is 302 g/mol. The van der Waals surface area contributed by atoms with E-state index in [4.69, 9.17) is 4.74 Å². The number of carbonyl (C=O) groups is 1. The van der Waals surface area contributed by atoms with Crippen molar-refractivity contribution >= 4 is 5.97 Å². The van der Waals surface area contributed by atoms with Crippen molar-refractivity contribution in [3.63, 3.8) is 0 Å². The van der Waals surface area contributed by atoms with Gasteiger partial charge in [0.1, 0.15) is 5.82 Å². The Morgan fingerprint density at radius 1 is 1.18 bits per heavy atom. The zero-order valence-corrected chi connectivity index (χ0v) is 12.7. The van der Waals surface area contributed by atoms with Gasteiger partial charge in [-0.15, -0.1) is 0 Å². The van der Waals surface area contributed by atoms with Gasteiger partial charge in [-0.05, 0) is 31.0 Å². The number of esters is 1. The minimum absolute atomic E-state index is 0.125. The molecule has 3 nitrogen and oxygen atoms in total. The number of aliphatic hydroxyl groups is 1. The molecule has 0 aliphatic rings. The van der Waals surface area contributed by atoms with Gasteiger partial charge in [0.2, 0.25) is 0 Å². The molecule has 0 saturated carbocycles. The molecule has 1 atom stereocenters. The molecule has 2 rings (SSSR count). The van der Waals surface area contributed by atoms with Crippen LogP contribution in [0.15, 0.2) is 48.5 Å². The lowest BCUT2D eigenvalue weighted by Gasteiger charge is -2.23. The smallest absolute Gasteiger partial charge is 0.309 e. The average Bonchev–Trinajstić information content (AvgIpc) is 2.47. The maximum atomic E-state index is 13.8. The number of ether oxygens (including phenoxy) is 1. The van der Waals surface area contributed by atoms with Gasteiger partial charge in [0, 0.05) is 5.56 Å². The van der Waals surface area contributed by atoms with Crippen LogP contribution in [-0.4, -0.2) is 17.7 Å². The molecule has 0 aromatic heterocycles. The van der Waals surface area contributed by atoms with E-state index < -0.39 is 11.6 Å². The lowest BCUT2D eigenvalue weighted by atomic mass is 9.91. The zero-order chi connectivity index (χ0) is 16.2. The maximum absolute atomic E-state index is 13.8. The Bertz CT molecular complexity index is 648. The van der Waals surface area contributed by atoms with Gasteiger partial charge < -0.3 is 9.84 Å². The largest absolute Gasteiger partial charge is 0.466 e. The predicted molar refractivity (Wildman–Crippen MR) is 82.7 cm³/mol. The summed E-state index contributed by atoms with van der Waals surface area (Å²) < 4.78 is 18.6. The van der Waals surface area contributed by atoms with E-state index in [1.54, 1.807) is 56.3 Å². The van der Waals surface area contributed by atoms with Crippen LogP contribution in [0.2, 0.25) is 0 Å². The molecule has 0 spiro atoms. The first-order valence-corrected chi connectivity index (χ1v) is 7.17. The van der Waals surface area contributed by atoms with Crippen LogP contribution in [0.4, 0.5) is 4.39 Å². The van der Waals surface area contributed by atoms with Gasteiger partial charge >= 0.3 is 5.97 Å². The van der Waals surface area contributed by atoms with E-state index in [9.17, 15) is 14.3 Å². The molecule has 1 unspecified atom stereocenters. The Morgan fingerprint density at radius 3 is 2.41 bits per heavy atom. The minimum Gasteiger partial charge on any atom is -0.466 e. The quantitative estimate of drug-likeness (QED) is 0.858. The van der Waals surface area contributed by atoms with Crippen LogP contribution >= 0.6 is 0 Å². The molecule has 2 aromatic rings. The van der Waals surface area contributed by atoms with E-state index >= 15 is 0 Å². The van der Waals surface area contributed by atoms with E-state index in [1.165, 1.54) is 6.07 Å². The third-order valence-electron chi connectivity index (χ3n) is 3.49. The molecule has 0 heterocycles. The van der Waals surface area contributed by atoms with Crippen molar-refractivity contribution in [2.75, 3.05) is 6.61 Å². The van der Waals surface area contributed by atoms with E-state index in [2.05, 4.69) is 0 Å². The highest BCUT2D eigenvalue weighted by atomic mass is 19.1. The van der Waals surface area contributed by atoms with Crippen LogP contribution < -0.4 is 0 Å². The molecule has 22 heavy (non-hydrogen) atoms. The highest BCUT2D eigenvalue weighted by Crippen LogP contribution is 2.28. The highest BCUT2D eigenvalue weighted by Gasteiger charge is 2.27. The molecular weight excluding hydrogens is 283 g/mol. The number of hydrogen-bond donors (Lipinski definition) is 1. The van der Waals surface area contributed by atoms with Crippen molar-refractivity contribution < 1.29 is 19.0 Å². The lowest BCUT2D eigenvalue weighted by Crippen LogP contribution is -2.26. The molecule has 0 aliphatic heterocycles. The summed E-state index contributed by atoms with van der Waals surface area (Å²) in [6.07, 6.45) is -0.125. The first-order chi connectivity index (χ1) is 10.4. The van der Waals surface area contributed by atoms with Crippen molar-refractivity contribution in [2.45, 2.75) is 25.9 Å². The molecule has 116 valence electrons. The Kier molecular flexibility index (Phi) is 4.93. The number of benzene rings is 2. The minimum atomic E-state index is -1.32. The van der Waals surface area contributed by atoms with Gasteiger partial charge in [0.25, 0.3) is 0 Å². The van der Waals surface area contributed by atoms with Crippen LogP contribution in [0.25, 0.3) is 11.1 Å². The third kappa shape index (κ3) is 3.71. The van der Waals surface area contributed by atoms with Gasteiger partial charge in [-0.3, -0.25) is 4.79 Å². The molecule has 0 aliphatic carbocycles. The fourth-order valence-electron chi connectivity index (χ4n) is 2.30. The molecule has 1 N–H and O–H groups in total. The van der Waals surface area contributed by atoms with Crippen molar-refractivity contribution in [3.8, 4) is 11.1 Å². The van der Waals surface area contributed by atoms with E-state index in [1.807, 2.05) is 0 Å². The second-order valence-electron chi connectivity index (χ2n) is 5.31. The normalized spacial score (nSPS) is 13.5. The zero-order valence-electron chi connectivity index (χ0n) is 12.7. The van der Waals surface area contributed by atoms with Crippen molar-refractivity contribution in [1.29, 1.82) is 0 Å². The summed E-state index contributed by atoms with van der Waals surface area (Å²) in [5.74, 6) is -0.751. The van der Waals surface area contributed by atoms with Crippen LogP contribution in [0.1, 0.15) is 25.8 Å². The Morgan fingerprint density at radius 2 is 1.82 bits per heavy atom. The van der Waals surface area contributed by atoms with Crippen LogP contribution in [0, 0.1) is 5.82 Å². The molecular formula is C18H19FO3. The molecule has 0 radical (unpaired) electrons. The Hall–Kier alpha value is -2.20. The summed E-state index contributed by atoms with van der Waals surface area (Å²) in [7, 11) is 0. The summed E-state index contributed by atoms with van der Waals surface area (Å²) in [5.41, 5.74) is 0.480. The Balaban J connectivity index is 2.21. The number of carbonyl (C=O) groups excluding carboxylic acids is 1. The third-order valence-corrected chi connectivity index (χ3v) is 3.49. The van der Waals surface area contributed by atoms with Crippen LogP contribution in [0.5, 0.6) is 0 Å². The molecule has 0 bridgehead atoms. The van der Waals surface area contributed by atoms with Crippen molar-refractivity contribution in [1.82, 2.24) is 0 Å². The highest BCUT2D eigenvalue weighted by molar-refractivity contribution is 5.71. The fourth-order valence-corrected chi connectivity index (χ4v) is 2.30. The van der Waals surface area contributed by atoms with Gasteiger partial charge in [-0.1, -0.05) is 42.5 Å². The summed E-state index contributed by atoms with van der Waals surface area (Å²) >= 11 is 0. The maximum Gasteiger partial charge on any atom is 0.309 e. The van der Waals surface area contributed by atoms with E-state index in [0.717, 1.165) is 0 Å².